The van der Waals surface area contributed by atoms with Crippen molar-refractivity contribution in [2.24, 2.45) is 0 Å². The highest BCUT2D eigenvalue weighted by Gasteiger charge is 2.15. The molecule has 25 heavy (non-hydrogen) atoms. The average molecular weight is 367 g/mol. The predicted octanol–water partition coefficient (Wildman–Crippen LogP) is 1.89. The molecule has 0 saturated heterocycles. The second-order valence-corrected chi connectivity index (χ2v) is 7.45. The molecular weight excluding hydrogens is 342 g/mol. The van der Waals surface area contributed by atoms with Crippen LogP contribution in [0.4, 0.5) is 0 Å². The number of sulfonamides is 1. The molecule has 0 amide bonds. The van der Waals surface area contributed by atoms with Gasteiger partial charge in [0.2, 0.25) is 10.0 Å². The maximum Gasteiger partial charge on any atom is 0.240 e. The van der Waals surface area contributed by atoms with E-state index in [9.17, 15) is 8.42 Å². The van der Waals surface area contributed by atoms with Gasteiger partial charge in [-0.15, -0.1) is 0 Å². The van der Waals surface area contributed by atoms with Crippen LogP contribution in [0.2, 0.25) is 0 Å². The van der Waals surface area contributed by atoms with Crippen molar-refractivity contribution in [3.8, 4) is 5.75 Å². The van der Waals surface area contributed by atoms with E-state index >= 15 is 0 Å². The molecule has 8 heteroatoms. The van der Waals surface area contributed by atoms with E-state index in [1.165, 1.54) is 0 Å². The number of hydrogen-bond acceptors (Lipinski definition) is 5. The summed E-state index contributed by atoms with van der Waals surface area (Å²) in [5.74, 6) is 1.58. The lowest BCUT2D eigenvalue weighted by atomic mass is 10.2. The van der Waals surface area contributed by atoms with Gasteiger partial charge in [-0.3, -0.25) is 0 Å². The van der Waals surface area contributed by atoms with Crippen LogP contribution < -0.4 is 9.46 Å². The molecule has 0 aliphatic rings. The van der Waals surface area contributed by atoms with E-state index in [-0.39, 0.29) is 4.90 Å². The first kappa shape index (κ1) is 19.4. The largest absolute Gasteiger partial charge is 0.491 e. The fourth-order valence-electron chi connectivity index (χ4n) is 2.37. The Hall–Kier alpha value is -1.90. The zero-order valence-electron chi connectivity index (χ0n) is 14.9. The summed E-state index contributed by atoms with van der Waals surface area (Å²) < 4.78 is 39.9. The molecule has 0 aliphatic heterocycles. The summed E-state index contributed by atoms with van der Waals surface area (Å²) in [5, 5.41) is 0. The van der Waals surface area contributed by atoms with Crippen LogP contribution in [-0.4, -0.2) is 44.8 Å². The van der Waals surface area contributed by atoms with Crippen molar-refractivity contribution < 1.29 is 17.9 Å². The molecule has 1 heterocycles. The molecule has 0 saturated carbocycles. The number of ether oxygens (including phenoxy) is 2. The molecular formula is C17H25N3O4S. The summed E-state index contributed by atoms with van der Waals surface area (Å²) >= 11 is 0. The minimum absolute atomic E-state index is 0.239. The Morgan fingerprint density at radius 2 is 2.04 bits per heavy atom. The van der Waals surface area contributed by atoms with Crippen molar-refractivity contribution in [3.63, 3.8) is 0 Å². The molecule has 0 atom stereocenters. The van der Waals surface area contributed by atoms with E-state index in [4.69, 9.17) is 9.47 Å². The predicted molar refractivity (Wildman–Crippen MR) is 95.3 cm³/mol. The van der Waals surface area contributed by atoms with Crippen molar-refractivity contribution in [1.82, 2.24) is 14.3 Å². The SMILES string of the molecule is COCCOc1ccc(S(=O)(=O)NCCCn2ccnc2C)cc1C. The van der Waals surface area contributed by atoms with E-state index in [1.807, 2.05) is 24.6 Å². The highest BCUT2D eigenvalue weighted by Crippen LogP contribution is 2.21. The molecule has 1 aromatic carbocycles. The minimum Gasteiger partial charge on any atom is -0.491 e. The molecule has 138 valence electrons. The van der Waals surface area contributed by atoms with Gasteiger partial charge < -0.3 is 14.0 Å². The highest BCUT2D eigenvalue weighted by atomic mass is 32.2. The minimum atomic E-state index is -3.53. The van der Waals surface area contributed by atoms with E-state index in [2.05, 4.69) is 9.71 Å². The van der Waals surface area contributed by atoms with E-state index in [0.29, 0.717) is 31.9 Å². The standard InChI is InChI=1S/C17H25N3O4S/c1-14-13-16(5-6-17(14)24-12-11-23-3)25(21,22)19-7-4-9-20-10-8-18-15(20)2/h5-6,8,10,13,19H,4,7,9,11-12H2,1-3H3. The zero-order valence-corrected chi connectivity index (χ0v) is 15.7. The monoisotopic (exact) mass is 367 g/mol. The third kappa shape index (κ3) is 5.55. The smallest absolute Gasteiger partial charge is 0.240 e. The van der Waals surface area contributed by atoms with Gasteiger partial charge in [-0.25, -0.2) is 18.1 Å². The summed E-state index contributed by atoms with van der Waals surface area (Å²) in [7, 11) is -1.93. The van der Waals surface area contributed by atoms with Crippen LogP contribution in [0, 0.1) is 13.8 Å². The molecule has 2 rings (SSSR count). The molecule has 1 N–H and O–H groups in total. The number of hydrogen-bond donors (Lipinski definition) is 1. The summed E-state index contributed by atoms with van der Waals surface area (Å²) in [6.45, 7) is 5.74. The van der Waals surface area contributed by atoms with Gasteiger partial charge in [-0.05, 0) is 44.0 Å². The quantitative estimate of drug-likeness (QED) is 0.649. The molecule has 0 bridgehead atoms. The number of rotatable bonds is 10. The first-order valence-corrected chi connectivity index (χ1v) is 9.62. The second-order valence-electron chi connectivity index (χ2n) is 5.69. The van der Waals surface area contributed by atoms with Gasteiger partial charge >= 0.3 is 0 Å². The Kier molecular flexibility index (Phi) is 6.98. The topological polar surface area (TPSA) is 82.5 Å². The van der Waals surface area contributed by atoms with Crippen LogP contribution in [0.15, 0.2) is 35.5 Å². The molecule has 2 aromatic rings. The third-order valence-electron chi connectivity index (χ3n) is 3.79. The first-order valence-electron chi connectivity index (χ1n) is 8.14. The van der Waals surface area contributed by atoms with Crippen molar-refractivity contribution >= 4 is 10.0 Å². The Labute approximate surface area is 149 Å². The number of nitrogens with one attached hydrogen (secondary N) is 1. The highest BCUT2D eigenvalue weighted by molar-refractivity contribution is 7.89. The average Bonchev–Trinajstić information content (AvgIpc) is 2.98. The maximum absolute atomic E-state index is 12.4. The molecule has 0 aliphatic carbocycles. The van der Waals surface area contributed by atoms with Crippen molar-refractivity contribution in [2.75, 3.05) is 26.9 Å². The van der Waals surface area contributed by atoms with E-state index in [0.717, 1.165) is 17.9 Å². The van der Waals surface area contributed by atoms with Gasteiger partial charge in [0.1, 0.15) is 18.2 Å². The Balaban J connectivity index is 1.90. The number of nitrogens with zero attached hydrogens (tertiary/aromatic N) is 2. The van der Waals surface area contributed by atoms with Crippen LogP contribution in [0.3, 0.4) is 0 Å². The summed E-state index contributed by atoms with van der Waals surface area (Å²) in [5.41, 5.74) is 0.771. The van der Waals surface area contributed by atoms with Crippen LogP contribution >= 0.6 is 0 Å². The van der Waals surface area contributed by atoms with Gasteiger partial charge in [-0.2, -0.15) is 0 Å². The van der Waals surface area contributed by atoms with Gasteiger partial charge in [0.05, 0.1) is 11.5 Å². The zero-order chi connectivity index (χ0) is 18.3. The van der Waals surface area contributed by atoms with Crippen LogP contribution in [0.1, 0.15) is 17.8 Å². The number of imidazole rings is 1. The molecule has 0 spiro atoms. The Bertz CT molecular complexity index is 787. The van der Waals surface area contributed by atoms with Crippen LogP contribution in [0.25, 0.3) is 0 Å². The van der Waals surface area contributed by atoms with Gasteiger partial charge in [0.15, 0.2) is 0 Å². The Morgan fingerprint density at radius 1 is 1.24 bits per heavy atom. The molecule has 1 aromatic heterocycles. The molecule has 0 radical (unpaired) electrons. The lowest BCUT2D eigenvalue weighted by Gasteiger charge is -2.12. The van der Waals surface area contributed by atoms with Crippen molar-refractivity contribution in [1.29, 1.82) is 0 Å². The Morgan fingerprint density at radius 3 is 2.68 bits per heavy atom. The normalized spacial score (nSPS) is 11.6. The van der Waals surface area contributed by atoms with Crippen molar-refractivity contribution in [3.05, 3.63) is 42.0 Å². The molecule has 7 nitrogen and oxygen atoms in total. The summed E-state index contributed by atoms with van der Waals surface area (Å²) in [6, 6.07) is 4.84. The van der Waals surface area contributed by atoms with E-state index < -0.39 is 10.0 Å². The number of benzene rings is 1. The van der Waals surface area contributed by atoms with E-state index in [1.54, 1.807) is 31.5 Å². The fourth-order valence-corrected chi connectivity index (χ4v) is 3.52. The van der Waals surface area contributed by atoms with Gasteiger partial charge in [-0.1, -0.05) is 0 Å². The van der Waals surface area contributed by atoms with Crippen LogP contribution in [0.5, 0.6) is 5.75 Å². The number of aryl methyl sites for hydroxylation is 3. The van der Waals surface area contributed by atoms with Crippen molar-refractivity contribution in [2.45, 2.75) is 31.7 Å². The van der Waals surface area contributed by atoms with Gasteiger partial charge in [0.25, 0.3) is 0 Å². The first-order chi connectivity index (χ1) is 11.9. The summed E-state index contributed by atoms with van der Waals surface area (Å²) in [6.07, 6.45) is 4.31. The third-order valence-corrected chi connectivity index (χ3v) is 5.25. The van der Waals surface area contributed by atoms with Crippen LogP contribution in [-0.2, 0) is 21.3 Å². The number of methoxy groups -OCH3 is 1. The second kappa shape index (κ2) is 8.98. The lowest BCUT2D eigenvalue weighted by molar-refractivity contribution is 0.146. The number of aromatic nitrogens is 2. The summed E-state index contributed by atoms with van der Waals surface area (Å²) in [4.78, 5) is 4.38. The van der Waals surface area contributed by atoms with Gasteiger partial charge in [0, 0.05) is 32.6 Å². The molecule has 0 unspecified atom stereocenters. The lowest BCUT2D eigenvalue weighted by Crippen LogP contribution is -2.25. The fraction of sp³-hybridized carbons (Fsp3) is 0.471. The maximum atomic E-state index is 12.4. The molecule has 0 fully saturated rings.